The Hall–Kier alpha value is -2.44. The third-order valence-electron chi connectivity index (χ3n) is 5.12. The van der Waals surface area contributed by atoms with Gasteiger partial charge in [-0.15, -0.1) is 17.5 Å². The maximum Gasteiger partial charge on any atom is 0.253 e. The summed E-state index contributed by atoms with van der Waals surface area (Å²) < 4.78 is 1.70. The summed E-state index contributed by atoms with van der Waals surface area (Å²) in [7, 11) is 1.84. The van der Waals surface area contributed by atoms with Crippen molar-refractivity contribution in [3.05, 3.63) is 59.7 Å². The van der Waals surface area contributed by atoms with Crippen molar-refractivity contribution in [2.45, 2.75) is 5.92 Å². The van der Waals surface area contributed by atoms with Gasteiger partial charge in [0.15, 0.2) is 0 Å². The molecule has 2 heterocycles. The second-order valence-corrected chi connectivity index (χ2v) is 6.64. The number of hydrogen-bond acceptors (Lipinski definition) is 4. The normalized spacial score (nSPS) is 19.5. The van der Waals surface area contributed by atoms with E-state index in [0.29, 0.717) is 25.2 Å². The number of benzene rings is 2. The maximum atomic E-state index is 13.0. The molecule has 0 aliphatic carbocycles. The third-order valence-corrected chi connectivity index (χ3v) is 5.12. The lowest BCUT2D eigenvalue weighted by molar-refractivity contribution is 0.0786. The summed E-state index contributed by atoms with van der Waals surface area (Å²) >= 11 is 0. The van der Waals surface area contributed by atoms with E-state index in [-0.39, 0.29) is 30.2 Å². The van der Waals surface area contributed by atoms with Gasteiger partial charge >= 0.3 is 0 Å². The molecule has 0 spiro atoms. The number of likely N-dealkylation sites (tertiary alicyclic amines) is 1. The molecule has 2 N–H and O–H groups in total. The fraction of sp³-hybridized carbons (Fsp3) is 0.316. The second kappa shape index (κ2) is 7.43. The Morgan fingerprint density at radius 2 is 1.96 bits per heavy atom. The molecule has 3 aromatic rings. The van der Waals surface area contributed by atoms with Gasteiger partial charge in [0.25, 0.3) is 5.91 Å². The SMILES string of the molecule is Cl.Cn1nnc2cc(C(=O)N3C[C@@H](CN)[C@H](c4ccccc4)C3)ccc21. The van der Waals surface area contributed by atoms with Crippen LogP contribution in [0.3, 0.4) is 0 Å². The number of carbonyl (C=O) groups is 1. The van der Waals surface area contributed by atoms with Crippen molar-refractivity contribution in [2.75, 3.05) is 19.6 Å². The first kappa shape index (κ1) is 18.4. The van der Waals surface area contributed by atoms with Gasteiger partial charge in [-0.2, -0.15) is 0 Å². The summed E-state index contributed by atoms with van der Waals surface area (Å²) in [4.78, 5) is 14.9. The van der Waals surface area contributed by atoms with E-state index in [0.717, 1.165) is 11.0 Å². The first-order valence-corrected chi connectivity index (χ1v) is 8.51. The largest absolute Gasteiger partial charge is 0.338 e. The van der Waals surface area contributed by atoms with E-state index >= 15 is 0 Å². The molecule has 0 bridgehead atoms. The van der Waals surface area contributed by atoms with E-state index < -0.39 is 0 Å². The quantitative estimate of drug-likeness (QED) is 0.765. The van der Waals surface area contributed by atoms with Crippen molar-refractivity contribution < 1.29 is 4.79 Å². The van der Waals surface area contributed by atoms with Gasteiger partial charge in [-0.25, -0.2) is 4.68 Å². The number of carbonyl (C=O) groups excluding carboxylic acids is 1. The molecule has 7 heteroatoms. The second-order valence-electron chi connectivity index (χ2n) is 6.64. The predicted molar refractivity (Wildman–Crippen MR) is 103 cm³/mol. The molecule has 1 fully saturated rings. The van der Waals surface area contributed by atoms with Crippen molar-refractivity contribution in [2.24, 2.45) is 18.7 Å². The van der Waals surface area contributed by atoms with Crippen molar-refractivity contribution in [3.63, 3.8) is 0 Å². The van der Waals surface area contributed by atoms with Crippen LogP contribution in [0.2, 0.25) is 0 Å². The lowest BCUT2D eigenvalue weighted by atomic mass is 9.89. The number of aryl methyl sites for hydroxylation is 1. The van der Waals surface area contributed by atoms with Gasteiger partial charge in [0.2, 0.25) is 0 Å². The molecule has 1 amide bonds. The molecule has 1 aliphatic heterocycles. The van der Waals surface area contributed by atoms with Crippen LogP contribution in [-0.4, -0.2) is 45.4 Å². The zero-order valence-electron chi connectivity index (χ0n) is 14.6. The van der Waals surface area contributed by atoms with Gasteiger partial charge in [-0.05, 0) is 36.2 Å². The number of aromatic nitrogens is 3. The number of halogens is 1. The number of fused-ring (bicyclic) bond motifs is 1. The topological polar surface area (TPSA) is 77.0 Å². The number of nitrogens with two attached hydrogens (primary N) is 1. The highest BCUT2D eigenvalue weighted by Gasteiger charge is 2.35. The molecule has 2 aromatic carbocycles. The van der Waals surface area contributed by atoms with E-state index in [1.807, 2.05) is 48.3 Å². The van der Waals surface area contributed by atoms with Crippen molar-refractivity contribution >= 4 is 29.3 Å². The third kappa shape index (κ3) is 3.18. The summed E-state index contributed by atoms with van der Waals surface area (Å²) in [6, 6.07) is 15.9. The van der Waals surface area contributed by atoms with Crippen LogP contribution in [0.1, 0.15) is 21.8 Å². The van der Waals surface area contributed by atoms with Crippen molar-refractivity contribution in [1.82, 2.24) is 19.9 Å². The standard InChI is InChI=1S/C19H21N5O.ClH/c1-23-18-8-7-14(9-17(18)21-22-23)19(25)24-11-15(10-20)16(12-24)13-5-3-2-4-6-13;/h2-9,15-16H,10-12,20H2,1H3;1H/t15-,16+;/m1./s1. The highest BCUT2D eigenvalue weighted by molar-refractivity contribution is 5.97. The van der Waals surface area contributed by atoms with Crippen LogP contribution < -0.4 is 5.73 Å². The average molecular weight is 372 g/mol. The number of nitrogens with zero attached hydrogens (tertiary/aromatic N) is 4. The lowest BCUT2D eigenvalue weighted by Crippen LogP contribution is -2.29. The summed E-state index contributed by atoms with van der Waals surface area (Å²) in [5, 5.41) is 8.10. The van der Waals surface area contributed by atoms with E-state index in [9.17, 15) is 4.79 Å². The minimum atomic E-state index is 0. The van der Waals surface area contributed by atoms with Gasteiger partial charge in [0.1, 0.15) is 5.52 Å². The van der Waals surface area contributed by atoms with Gasteiger partial charge in [0, 0.05) is 31.6 Å². The van der Waals surface area contributed by atoms with Crippen LogP contribution in [0, 0.1) is 5.92 Å². The zero-order valence-corrected chi connectivity index (χ0v) is 15.4. The Labute approximate surface area is 158 Å². The van der Waals surface area contributed by atoms with Gasteiger partial charge in [-0.1, -0.05) is 35.5 Å². The highest BCUT2D eigenvalue weighted by atomic mass is 35.5. The van der Waals surface area contributed by atoms with E-state index in [1.54, 1.807) is 4.68 Å². The van der Waals surface area contributed by atoms with E-state index in [4.69, 9.17) is 5.73 Å². The first-order valence-electron chi connectivity index (χ1n) is 8.51. The summed E-state index contributed by atoms with van der Waals surface area (Å²) in [6.45, 7) is 1.96. The number of rotatable bonds is 3. The minimum Gasteiger partial charge on any atom is -0.338 e. The highest BCUT2D eigenvalue weighted by Crippen LogP contribution is 2.33. The molecule has 1 aliphatic rings. The molecule has 0 saturated carbocycles. The molecular formula is C19H22ClN5O. The number of amides is 1. The minimum absolute atomic E-state index is 0. The smallest absolute Gasteiger partial charge is 0.253 e. The molecule has 26 heavy (non-hydrogen) atoms. The van der Waals surface area contributed by atoms with E-state index in [2.05, 4.69) is 22.4 Å². The van der Waals surface area contributed by atoms with E-state index in [1.165, 1.54) is 5.56 Å². The Morgan fingerprint density at radius 1 is 1.19 bits per heavy atom. The van der Waals surface area contributed by atoms with Crippen molar-refractivity contribution in [3.8, 4) is 0 Å². The lowest BCUT2D eigenvalue weighted by Gasteiger charge is -2.17. The summed E-state index contributed by atoms with van der Waals surface area (Å²) in [5.41, 5.74) is 9.53. The molecule has 4 rings (SSSR count). The molecule has 136 valence electrons. The molecule has 1 saturated heterocycles. The van der Waals surface area contributed by atoms with Gasteiger partial charge < -0.3 is 10.6 Å². The van der Waals surface area contributed by atoms with Crippen LogP contribution in [-0.2, 0) is 7.05 Å². The average Bonchev–Trinajstić information content (AvgIpc) is 3.25. The number of hydrogen-bond donors (Lipinski definition) is 1. The Balaban J connectivity index is 0.00000196. The van der Waals surface area contributed by atoms with Crippen LogP contribution in [0.4, 0.5) is 0 Å². The molecule has 1 aromatic heterocycles. The van der Waals surface area contributed by atoms with Crippen LogP contribution in [0.15, 0.2) is 48.5 Å². The molecule has 0 radical (unpaired) electrons. The summed E-state index contributed by atoms with van der Waals surface area (Å²) in [6.07, 6.45) is 0. The zero-order chi connectivity index (χ0) is 17.4. The van der Waals surface area contributed by atoms with Crippen LogP contribution in [0.5, 0.6) is 0 Å². The first-order chi connectivity index (χ1) is 12.2. The molecule has 2 atom stereocenters. The molecule has 6 nitrogen and oxygen atoms in total. The van der Waals surface area contributed by atoms with Crippen LogP contribution >= 0.6 is 12.4 Å². The van der Waals surface area contributed by atoms with Crippen LogP contribution in [0.25, 0.3) is 11.0 Å². The Bertz CT molecular complexity index is 911. The van der Waals surface area contributed by atoms with Gasteiger partial charge in [-0.3, -0.25) is 4.79 Å². The molecular weight excluding hydrogens is 350 g/mol. The Kier molecular flexibility index (Phi) is 5.25. The fourth-order valence-electron chi connectivity index (χ4n) is 3.71. The monoisotopic (exact) mass is 371 g/mol. The maximum absolute atomic E-state index is 13.0. The summed E-state index contributed by atoms with van der Waals surface area (Å²) in [5.74, 6) is 0.603. The fourth-order valence-corrected chi connectivity index (χ4v) is 3.71. The van der Waals surface area contributed by atoms with Crippen molar-refractivity contribution in [1.29, 1.82) is 0 Å². The van der Waals surface area contributed by atoms with Gasteiger partial charge in [0.05, 0.1) is 5.52 Å². The molecule has 0 unspecified atom stereocenters. The Morgan fingerprint density at radius 3 is 2.69 bits per heavy atom. The predicted octanol–water partition coefficient (Wildman–Crippen LogP) is 2.20.